The zero-order chi connectivity index (χ0) is 14.4. The molecule has 3 rings (SSSR count). The van der Waals surface area contributed by atoms with E-state index in [1.807, 2.05) is 18.4 Å². The van der Waals surface area contributed by atoms with Gasteiger partial charge in [-0.05, 0) is 48.1 Å². The molecule has 0 saturated carbocycles. The number of fused-ring (bicyclic) bond motifs is 1. The summed E-state index contributed by atoms with van der Waals surface area (Å²) in [5.41, 5.74) is 3.28. The van der Waals surface area contributed by atoms with Crippen LogP contribution in [0, 0.1) is 24.4 Å². The molecule has 0 radical (unpaired) electrons. The molecular formula is C13H11BrFN3OS. The summed E-state index contributed by atoms with van der Waals surface area (Å²) in [6.07, 6.45) is 0. The summed E-state index contributed by atoms with van der Waals surface area (Å²) in [6, 6.07) is 3.15. The van der Waals surface area contributed by atoms with Crippen molar-refractivity contribution in [2.24, 2.45) is 0 Å². The first kappa shape index (κ1) is 13.5. The van der Waals surface area contributed by atoms with Crippen molar-refractivity contribution in [1.29, 1.82) is 0 Å². The van der Waals surface area contributed by atoms with Crippen LogP contribution in [0.3, 0.4) is 0 Å². The van der Waals surface area contributed by atoms with Crippen molar-refractivity contribution in [3.63, 3.8) is 0 Å². The Kier molecular flexibility index (Phi) is 3.25. The summed E-state index contributed by atoms with van der Waals surface area (Å²) in [7, 11) is 0. The van der Waals surface area contributed by atoms with Gasteiger partial charge in [-0.2, -0.15) is 0 Å². The van der Waals surface area contributed by atoms with Crippen LogP contribution in [0.5, 0.6) is 0 Å². The molecule has 1 aromatic carbocycles. The molecule has 0 amide bonds. The van der Waals surface area contributed by atoms with Crippen LogP contribution in [0.2, 0.25) is 0 Å². The molecule has 4 nitrogen and oxygen atoms in total. The third-order valence-electron chi connectivity index (χ3n) is 3.31. The highest BCUT2D eigenvalue weighted by atomic mass is 79.9. The number of hydrogen-bond acceptors (Lipinski definition) is 3. The van der Waals surface area contributed by atoms with E-state index in [1.54, 1.807) is 6.07 Å². The molecule has 3 aromatic rings. The van der Waals surface area contributed by atoms with Crippen LogP contribution in [0.25, 0.3) is 11.0 Å². The lowest BCUT2D eigenvalue weighted by molar-refractivity contribution is 0.392. The van der Waals surface area contributed by atoms with E-state index in [2.05, 4.69) is 26.1 Å². The van der Waals surface area contributed by atoms with Gasteiger partial charge in [0, 0.05) is 11.6 Å². The van der Waals surface area contributed by atoms with Gasteiger partial charge >= 0.3 is 0 Å². The van der Waals surface area contributed by atoms with Crippen LogP contribution in [0.1, 0.15) is 17.0 Å². The minimum Gasteiger partial charge on any atom is -0.361 e. The fraction of sp³-hybridized carbons (Fsp3) is 0.231. The maximum Gasteiger partial charge on any atom is 0.178 e. The lowest BCUT2D eigenvalue weighted by Crippen LogP contribution is -2.01. The van der Waals surface area contributed by atoms with E-state index in [0.717, 1.165) is 28.1 Å². The number of halogens is 2. The SMILES string of the molecule is Cc1noc(C)c1Cn1c(=S)[nH]c2cc(Br)c(F)cc21. The van der Waals surface area contributed by atoms with Crippen molar-refractivity contribution in [3.8, 4) is 0 Å². The Morgan fingerprint density at radius 1 is 1.45 bits per heavy atom. The van der Waals surface area contributed by atoms with Crippen LogP contribution in [-0.2, 0) is 6.54 Å². The van der Waals surface area contributed by atoms with Gasteiger partial charge in [-0.1, -0.05) is 5.16 Å². The monoisotopic (exact) mass is 355 g/mol. The number of H-pyrrole nitrogens is 1. The number of nitrogens with one attached hydrogen (secondary N) is 1. The van der Waals surface area contributed by atoms with E-state index in [9.17, 15) is 4.39 Å². The molecule has 0 bridgehead atoms. The minimum atomic E-state index is -0.320. The Hall–Kier alpha value is -1.47. The summed E-state index contributed by atoms with van der Waals surface area (Å²) in [4.78, 5) is 3.08. The molecule has 20 heavy (non-hydrogen) atoms. The molecule has 0 aliphatic carbocycles. The van der Waals surface area contributed by atoms with Crippen molar-refractivity contribution in [2.45, 2.75) is 20.4 Å². The topological polar surface area (TPSA) is 46.8 Å². The van der Waals surface area contributed by atoms with E-state index in [0.29, 0.717) is 15.8 Å². The molecule has 2 aromatic heterocycles. The highest BCUT2D eigenvalue weighted by Gasteiger charge is 2.14. The van der Waals surface area contributed by atoms with E-state index in [4.69, 9.17) is 16.7 Å². The second-order valence-electron chi connectivity index (χ2n) is 4.60. The summed E-state index contributed by atoms with van der Waals surface area (Å²) in [6.45, 7) is 4.23. The largest absolute Gasteiger partial charge is 0.361 e. The fourth-order valence-electron chi connectivity index (χ4n) is 2.19. The van der Waals surface area contributed by atoms with Crippen LogP contribution in [0.15, 0.2) is 21.1 Å². The fourth-order valence-corrected chi connectivity index (χ4v) is 2.81. The maximum atomic E-state index is 13.7. The highest BCUT2D eigenvalue weighted by molar-refractivity contribution is 9.10. The normalized spacial score (nSPS) is 11.4. The number of rotatable bonds is 2. The zero-order valence-corrected chi connectivity index (χ0v) is 13.2. The second-order valence-corrected chi connectivity index (χ2v) is 5.84. The van der Waals surface area contributed by atoms with Crippen molar-refractivity contribution in [3.05, 3.63) is 44.2 Å². The molecule has 2 heterocycles. The molecule has 0 aliphatic heterocycles. The molecule has 0 fully saturated rings. The van der Waals surface area contributed by atoms with Crippen LogP contribution < -0.4 is 0 Å². The second kappa shape index (κ2) is 4.82. The first-order valence-corrected chi connectivity index (χ1v) is 7.17. The predicted octanol–water partition coefficient (Wildman–Crippen LogP) is 4.25. The van der Waals surface area contributed by atoms with E-state index in [-0.39, 0.29) is 5.82 Å². The van der Waals surface area contributed by atoms with Crippen molar-refractivity contribution in [2.75, 3.05) is 0 Å². The van der Waals surface area contributed by atoms with Crippen LogP contribution in [-0.4, -0.2) is 14.7 Å². The van der Waals surface area contributed by atoms with Gasteiger partial charge in [0.2, 0.25) is 0 Å². The Morgan fingerprint density at radius 3 is 2.85 bits per heavy atom. The molecule has 0 unspecified atom stereocenters. The average molecular weight is 356 g/mol. The number of aromatic amines is 1. The minimum absolute atomic E-state index is 0.320. The Morgan fingerprint density at radius 2 is 2.20 bits per heavy atom. The van der Waals surface area contributed by atoms with Crippen molar-refractivity contribution >= 4 is 39.2 Å². The maximum absolute atomic E-state index is 13.7. The summed E-state index contributed by atoms with van der Waals surface area (Å²) < 4.78 is 21.7. The molecule has 0 atom stereocenters. The van der Waals surface area contributed by atoms with Crippen LogP contribution >= 0.6 is 28.1 Å². The molecule has 0 saturated heterocycles. The van der Waals surface area contributed by atoms with Crippen molar-refractivity contribution in [1.82, 2.24) is 14.7 Å². The number of aryl methyl sites for hydroxylation is 2. The summed E-state index contributed by atoms with van der Waals surface area (Å²) in [5.74, 6) is 0.426. The van der Waals surface area contributed by atoms with Gasteiger partial charge < -0.3 is 14.1 Å². The van der Waals surface area contributed by atoms with Gasteiger partial charge in [-0.15, -0.1) is 0 Å². The lowest BCUT2D eigenvalue weighted by Gasteiger charge is -2.04. The first-order chi connectivity index (χ1) is 9.47. The van der Waals surface area contributed by atoms with Gasteiger partial charge in [0.15, 0.2) is 4.77 Å². The van der Waals surface area contributed by atoms with Gasteiger partial charge in [-0.3, -0.25) is 0 Å². The van der Waals surface area contributed by atoms with E-state index in [1.165, 1.54) is 6.07 Å². The zero-order valence-electron chi connectivity index (χ0n) is 10.8. The Bertz CT molecular complexity index is 845. The van der Waals surface area contributed by atoms with E-state index < -0.39 is 0 Å². The molecular weight excluding hydrogens is 345 g/mol. The molecule has 104 valence electrons. The molecule has 7 heteroatoms. The number of nitrogens with zero attached hydrogens (tertiary/aromatic N) is 2. The number of benzene rings is 1. The Balaban J connectivity index is 2.19. The van der Waals surface area contributed by atoms with E-state index >= 15 is 0 Å². The summed E-state index contributed by atoms with van der Waals surface area (Å²) in [5, 5.41) is 3.92. The average Bonchev–Trinajstić information content (AvgIpc) is 2.85. The quantitative estimate of drug-likeness (QED) is 0.698. The van der Waals surface area contributed by atoms with Crippen molar-refractivity contribution < 1.29 is 8.91 Å². The summed E-state index contributed by atoms with van der Waals surface area (Å²) >= 11 is 8.49. The smallest absolute Gasteiger partial charge is 0.178 e. The third-order valence-corrected chi connectivity index (χ3v) is 4.24. The van der Waals surface area contributed by atoms with Gasteiger partial charge in [0.1, 0.15) is 11.6 Å². The highest BCUT2D eigenvalue weighted by Crippen LogP contribution is 2.24. The molecule has 1 N–H and O–H groups in total. The predicted molar refractivity (Wildman–Crippen MR) is 79.9 cm³/mol. The number of aromatic nitrogens is 3. The number of hydrogen-bond donors (Lipinski definition) is 1. The molecule has 0 aliphatic rings. The third kappa shape index (κ3) is 2.10. The molecule has 0 spiro atoms. The lowest BCUT2D eigenvalue weighted by atomic mass is 10.2. The van der Waals surface area contributed by atoms with Crippen LogP contribution in [0.4, 0.5) is 4.39 Å². The standard InChI is InChI=1S/C13H11BrFN3OS/c1-6-8(7(2)19-17-6)5-18-12-4-10(15)9(14)3-11(12)16-13(18)20/h3-4H,5H2,1-2H3,(H,16,20). The Labute approximate surface area is 127 Å². The number of imidazole rings is 1. The first-order valence-electron chi connectivity index (χ1n) is 5.96. The van der Waals surface area contributed by atoms with Gasteiger partial charge in [-0.25, -0.2) is 4.39 Å². The van der Waals surface area contributed by atoms with Gasteiger partial charge in [0.05, 0.1) is 27.7 Å². The van der Waals surface area contributed by atoms with Gasteiger partial charge in [0.25, 0.3) is 0 Å².